The summed E-state index contributed by atoms with van der Waals surface area (Å²) in [6.07, 6.45) is 9.94. The Morgan fingerprint density at radius 2 is 1.91 bits per heavy atom. The first kappa shape index (κ1) is 20.8. The highest BCUT2D eigenvalue weighted by Gasteiger charge is 2.23. The number of amides is 1. The number of hydrogen-bond acceptors (Lipinski definition) is 5. The van der Waals surface area contributed by atoms with Gasteiger partial charge < -0.3 is 14.8 Å². The monoisotopic (exact) mass is 434 g/mol. The summed E-state index contributed by atoms with van der Waals surface area (Å²) in [4.78, 5) is 17.2. The quantitative estimate of drug-likeness (QED) is 0.586. The molecule has 1 N–H and O–H groups in total. The van der Waals surface area contributed by atoms with E-state index in [4.69, 9.17) is 14.6 Å². The second kappa shape index (κ2) is 9.18. The van der Waals surface area contributed by atoms with E-state index in [1.807, 2.05) is 12.1 Å². The minimum Gasteiger partial charge on any atom is -0.491 e. The smallest absolute Gasteiger partial charge is 0.274 e. The van der Waals surface area contributed by atoms with Crippen LogP contribution in [-0.2, 0) is 0 Å². The molecule has 3 aromatic rings. The number of benzene rings is 1. The molecule has 0 saturated heterocycles. The molecule has 1 fully saturated rings. The highest BCUT2D eigenvalue weighted by molar-refractivity contribution is 6.05. The molecular weight excluding hydrogens is 404 g/mol. The molecule has 1 saturated carbocycles. The number of ether oxygens (including phenoxy) is 2. The van der Waals surface area contributed by atoms with Gasteiger partial charge in [0.2, 0.25) is 5.88 Å². The molecule has 0 atom stereocenters. The number of pyridine rings is 1. The van der Waals surface area contributed by atoms with Crippen molar-refractivity contribution in [3.63, 3.8) is 0 Å². The Morgan fingerprint density at radius 3 is 2.72 bits per heavy atom. The van der Waals surface area contributed by atoms with E-state index < -0.39 is 0 Å². The van der Waals surface area contributed by atoms with Crippen molar-refractivity contribution in [1.29, 1.82) is 0 Å². The zero-order valence-corrected chi connectivity index (χ0v) is 18.5. The van der Waals surface area contributed by atoms with E-state index in [1.165, 1.54) is 32.1 Å². The summed E-state index contributed by atoms with van der Waals surface area (Å²) < 4.78 is 13.8. The van der Waals surface area contributed by atoms with Crippen molar-refractivity contribution in [3.8, 4) is 11.6 Å². The Labute approximate surface area is 188 Å². The molecule has 0 spiro atoms. The largest absolute Gasteiger partial charge is 0.491 e. The number of hydrogen-bond donors (Lipinski definition) is 1. The van der Waals surface area contributed by atoms with Crippen LogP contribution in [0.25, 0.3) is 10.9 Å². The van der Waals surface area contributed by atoms with Gasteiger partial charge in [0.15, 0.2) is 0 Å². The lowest BCUT2D eigenvalue weighted by molar-refractivity contribution is 0.102. The molecule has 0 unspecified atom stereocenters. The third-order valence-electron chi connectivity index (χ3n) is 6.64. The van der Waals surface area contributed by atoms with Crippen LogP contribution in [-0.4, -0.2) is 33.9 Å². The predicted molar refractivity (Wildman–Crippen MR) is 123 cm³/mol. The van der Waals surface area contributed by atoms with Crippen LogP contribution in [0, 0.1) is 5.92 Å². The summed E-state index contributed by atoms with van der Waals surface area (Å²) >= 11 is 0. The lowest BCUT2D eigenvalue weighted by Crippen LogP contribution is -2.18. The maximum atomic E-state index is 12.9. The number of carbonyl (C=O) groups excluding carboxylic acids is 1. The fraction of sp³-hybridized carbons (Fsp3) is 0.480. The topological polar surface area (TPSA) is 78.3 Å². The minimum absolute atomic E-state index is 0.288. The molecule has 2 aromatic heterocycles. The van der Waals surface area contributed by atoms with Crippen LogP contribution in [0.4, 0.5) is 5.69 Å². The first-order valence-corrected chi connectivity index (χ1v) is 11.8. The summed E-state index contributed by atoms with van der Waals surface area (Å²) in [7, 11) is 0. The summed E-state index contributed by atoms with van der Waals surface area (Å²) in [5, 5.41) is 8.85. The molecule has 3 heterocycles. The maximum absolute atomic E-state index is 12.9. The Balaban J connectivity index is 1.45. The second-order valence-electron chi connectivity index (χ2n) is 8.82. The molecule has 7 nitrogen and oxygen atoms in total. The molecular formula is C25H30N4O3. The van der Waals surface area contributed by atoms with E-state index in [0.717, 1.165) is 29.7 Å². The van der Waals surface area contributed by atoms with E-state index in [1.54, 1.807) is 18.2 Å². The van der Waals surface area contributed by atoms with E-state index in [-0.39, 0.29) is 5.91 Å². The highest BCUT2D eigenvalue weighted by atomic mass is 16.5. The molecule has 0 radical (unpaired) electrons. The van der Waals surface area contributed by atoms with Gasteiger partial charge in [-0.1, -0.05) is 19.4 Å². The van der Waals surface area contributed by atoms with Crippen molar-refractivity contribution in [2.24, 2.45) is 5.92 Å². The van der Waals surface area contributed by atoms with Gasteiger partial charge in [0.05, 0.1) is 30.5 Å². The zero-order valence-electron chi connectivity index (χ0n) is 18.5. The molecule has 2 aliphatic rings. The summed E-state index contributed by atoms with van der Waals surface area (Å²) in [5.74, 6) is 1.67. The van der Waals surface area contributed by atoms with Crippen molar-refractivity contribution in [2.45, 2.75) is 57.9 Å². The lowest BCUT2D eigenvalue weighted by atomic mass is 9.85. The second-order valence-corrected chi connectivity index (χ2v) is 8.82. The number of rotatable bonds is 2. The number of nitrogens with one attached hydrogen (secondary N) is 1. The van der Waals surface area contributed by atoms with Crippen LogP contribution in [0.5, 0.6) is 11.6 Å². The van der Waals surface area contributed by atoms with Gasteiger partial charge in [-0.05, 0) is 56.6 Å². The van der Waals surface area contributed by atoms with Crippen molar-refractivity contribution in [2.75, 3.05) is 18.5 Å². The Hall–Kier alpha value is -3.09. The molecule has 1 amide bonds. The first-order valence-electron chi connectivity index (χ1n) is 11.8. The van der Waals surface area contributed by atoms with E-state index in [2.05, 4.69) is 28.1 Å². The van der Waals surface area contributed by atoms with Crippen LogP contribution < -0.4 is 14.8 Å². The van der Waals surface area contributed by atoms with Gasteiger partial charge in [0.25, 0.3) is 5.91 Å². The van der Waals surface area contributed by atoms with Gasteiger partial charge in [0, 0.05) is 23.7 Å². The zero-order chi connectivity index (χ0) is 21.9. The van der Waals surface area contributed by atoms with Crippen molar-refractivity contribution >= 4 is 22.5 Å². The molecule has 7 heteroatoms. The fourth-order valence-electron chi connectivity index (χ4n) is 4.66. The van der Waals surface area contributed by atoms with Gasteiger partial charge in [-0.3, -0.25) is 9.48 Å². The van der Waals surface area contributed by atoms with Gasteiger partial charge in [-0.15, -0.1) is 0 Å². The SMILES string of the molecule is CCC1CCC(n2cc3cc4c(cc3n2)OCCCCOc2cccc(n2)C(=O)N4)CC1. The molecule has 1 aliphatic heterocycles. The van der Waals surface area contributed by atoms with Gasteiger partial charge in [-0.2, -0.15) is 5.10 Å². The van der Waals surface area contributed by atoms with Crippen LogP contribution in [0.1, 0.15) is 68.4 Å². The maximum Gasteiger partial charge on any atom is 0.274 e. The fourth-order valence-corrected chi connectivity index (χ4v) is 4.66. The van der Waals surface area contributed by atoms with Crippen molar-refractivity contribution in [1.82, 2.24) is 14.8 Å². The number of carbonyl (C=O) groups is 1. The van der Waals surface area contributed by atoms with E-state index in [9.17, 15) is 4.79 Å². The Morgan fingerprint density at radius 1 is 1.09 bits per heavy atom. The molecule has 5 rings (SSSR count). The van der Waals surface area contributed by atoms with Gasteiger partial charge >= 0.3 is 0 Å². The van der Waals surface area contributed by atoms with Gasteiger partial charge in [-0.25, -0.2) is 4.98 Å². The standard InChI is InChI=1S/C25H30N4O3/c1-2-17-8-10-19(11-9-17)29-16-18-14-22-23(15-21(18)28-29)31-12-3-4-13-32-24-7-5-6-20(26-24)25(30)27-22/h5-7,14-17,19H,2-4,8-13H2,1H3,(H,27,30). The molecule has 32 heavy (non-hydrogen) atoms. The first-order chi connectivity index (χ1) is 15.7. The van der Waals surface area contributed by atoms with Crippen LogP contribution in [0.15, 0.2) is 36.5 Å². The van der Waals surface area contributed by atoms with Crippen LogP contribution in [0.2, 0.25) is 0 Å². The lowest BCUT2D eigenvalue weighted by Gasteiger charge is -2.27. The highest BCUT2D eigenvalue weighted by Crippen LogP contribution is 2.36. The average molecular weight is 435 g/mol. The molecule has 168 valence electrons. The van der Waals surface area contributed by atoms with Crippen LogP contribution in [0.3, 0.4) is 0 Å². The Kier molecular flexibility index (Phi) is 5.97. The summed E-state index contributed by atoms with van der Waals surface area (Å²) in [6.45, 7) is 3.37. The average Bonchev–Trinajstić information content (AvgIpc) is 3.24. The predicted octanol–water partition coefficient (Wildman–Crippen LogP) is 5.38. The molecule has 1 aromatic carbocycles. The Bertz CT molecular complexity index is 1100. The number of anilines is 1. The number of aromatic nitrogens is 3. The van der Waals surface area contributed by atoms with Crippen LogP contribution >= 0.6 is 0 Å². The van der Waals surface area contributed by atoms with E-state index >= 15 is 0 Å². The summed E-state index contributed by atoms with van der Waals surface area (Å²) in [6, 6.07) is 9.59. The number of fused-ring (bicyclic) bond motifs is 4. The number of nitrogens with zero attached hydrogens (tertiary/aromatic N) is 3. The minimum atomic E-state index is -0.288. The third kappa shape index (κ3) is 4.42. The third-order valence-corrected chi connectivity index (χ3v) is 6.64. The van der Waals surface area contributed by atoms with E-state index in [0.29, 0.717) is 42.3 Å². The normalized spacial score (nSPS) is 21.8. The van der Waals surface area contributed by atoms with Crippen molar-refractivity contribution in [3.05, 3.63) is 42.2 Å². The van der Waals surface area contributed by atoms with Crippen molar-refractivity contribution < 1.29 is 14.3 Å². The van der Waals surface area contributed by atoms with Gasteiger partial charge in [0.1, 0.15) is 11.4 Å². The molecule has 2 bridgehead atoms. The molecule has 1 aliphatic carbocycles. The summed E-state index contributed by atoms with van der Waals surface area (Å²) in [5.41, 5.74) is 1.85.